The average molecular weight is 367 g/mol. The first-order chi connectivity index (χ1) is 12.9. The van der Waals surface area contributed by atoms with Gasteiger partial charge in [-0.15, -0.1) is 0 Å². The summed E-state index contributed by atoms with van der Waals surface area (Å²) in [6.07, 6.45) is 2.63. The summed E-state index contributed by atoms with van der Waals surface area (Å²) in [7, 11) is 1.90. The van der Waals surface area contributed by atoms with Gasteiger partial charge in [0.15, 0.2) is 0 Å². The van der Waals surface area contributed by atoms with E-state index in [0.29, 0.717) is 5.69 Å². The molecule has 0 spiro atoms. The van der Waals surface area contributed by atoms with Crippen LogP contribution in [-0.2, 0) is 29.5 Å². The molecule has 1 aromatic carbocycles. The van der Waals surface area contributed by atoms with Gasteiger partial charge in [0.25, 0.3) is 0 Å². The Balaban J connectivity index is 1.85. The Kier molecular flexibility index (Phi) is 5.35. The maximum atomic E-state index is 12.6. The average Bonchev–Trinajstić information content (AvgIpc) is 3.16. The Morgan fingerprint density at radius 1 is 1.11 bits per heavy atom. The number of carbonyl (C=O) groups excluding carboxylic acids is 2. The summed E-state index contributed by atoms with van der Waals surface area (Å²) in [4.78, 5) is 25.1. The van der Waals surface area contributed by atoms with Crippen molar-refractivity contribution in [3.05, 3.63) is 53.9 Å². The number of amides is 1. The third-order valence-corrected chi connectivity index (χ3v) is 4.45. The summed E-state index contributed by atoms with van der Waals surface area (Å²) in [5.74, 6) is -0.625. The van der Waals surface area contributed by atoms with E-state index in [1.54, 1.807) is 24.5 Å². The molecule has 0 aliphatic heterocycles. The lowest BCUT2D eigenvalue weighted by Crippen LogP contribution is -2.22. The van der Waals surface area contributed by atoms with E-state index < -0.39 is 5.97 Å². The summed E-state index contributed by atoms with van der Waals surface area (Å²) >= 11 is 0. The highest BCUT2D eigenvalue weighted by molar-refractivity contribution is 5.97. The summed E-state index contributed by atoms with van der Waals surface area (Å²) in [5.41, 5.74) is 4.03. The van der Waals surface area contributed by atoms with Gasteiger partial charge in [0, 0.05) is 18.9 Å². The molecule has 6 nitrogen and oxygen atoms in total. The minimum absolute atomic E-state index is 0.0333. The van der Waals surface area contributed by atoms with Gasteiger partial charge in [0.1, 0.15) is 12.2 Å². The molecule has 0 radical (unpaired) electrons. The molecule has 27 heavy (non-hydrogen) atoms. The molecular formula is C21H25N3O3. The Bertz CT molecular complexity index is 965. The molecule has 2 heterocycles. The van der Waals surface area contributed by atoms with E-state index in [1.165, 1.54) is 5.56 Å². The lowest BCUT2D eigenvalue weighted by atomic mass is 10.1. The van der Waals surface area contributed by atoms with Crippen LogP contribution in [0.3, 0.4) is 0 Å². The maximum absolute atomic E-state index is 12.6. The van der Waals surface area contributed by atoms with E-state index in [0.717, 1.165) is 23.1 Å². The fourth-order valence-electron chi connectivity index (χ4n) is 3.05. The van der Waals surface area contributed by atoms with Gasteiger partial charge >= 0.3 is 5.97 Å². The summed E-state index contributed by atoms with van der Waals surface area (Å²) in [6, 6.07) is 11.4. The molecule has 142 valence electrons. The maximum Gasteiger partial charge on any atom is 0.355 e. The second kappa shape index (κ2) is 7.70. The van der Waals surface area contributed by atoms with E-state index in [2.05, 4.69) is 12.2 Å². The fourth-order valence-corrected chi connectivity index (χ4v) is 3.05. The lowest BCUT2D eigenvalue weighted by Gasteiger charge is -2.12. The predicted molar refractivity (Wildman–Crippen MR) is 106 cm³/mol. The highest BCUT2D eigenvalue weighted by Gasteiger charge is 2.21. The van der Waals surface area contributed by atoms with Crippen LogP contribution in [0.4, 0.5) is 5.69 Å². The van der Waals surface area contributed by atoms with Crippen molar-refractivity contribution in [1.29, 1.82) is 0 Å². The molecule has 1 N–H and O–H groups in total. The second-order valence-electron chi connectivity index (χ2n) is 6.87. The quantitative estimate of drug-likeness (QED) is 0.675. The number of esters is 1. The molecule has 0 unspecified atom stereocenters. The number of benzene rings is 1. The minimum atomic E-state index is -0.429. The highest BCUT2D eigenvalue weighted by Crippen LogP contribution is 2.22. The van der Waals surface area contributed by atoms with Crippen molar-refractivity contribution in [1.82, 2.24) is 9.13 Å². The van der Waals surface area contributed by atoms with Crippen molar-refractivity contribution in [2.45, 2.75) is 39.8 Å². The Morgan fingerprint density at radius 3 is 2.44 bits per heavy atom. The van der Waals surface area contributed by atoms with Crippen LogP contribution in [-0.4, -0.2) is 27.1 Å². The Labute approximate surface area is 158 Å². The van der Waals surface area contributed by atoms with Crippen LogP contribution in [0.1, 0.15) is 36.8 Å². The SMILES string of the molecule is CCc1ccc(NC(=O)Cn2c(C(=O)OC(C)C)cc3c2ccn3C)cc1. The number of ether oxygens (including phenoxy) is 1. The number of rotatable bonds is 6. The number of hydrogen-bond donors (Lipinski definition) is 1. The van der Waals surface area contributed by atoms with Crippen molar-refractivity contribution in [2.75, 3.05) is 5.32 Å². The van der Waals surface area contributed by atoms with Gasteiger partial charge in [0.05, 0.1) is 17.1 Å². The van der Waals surface area contributed by atoms with E-state index in [-0.39, 0.29) is 18.6 Å². The topological polar surface area (TPSA) is 65.3 Å². The molecule has 6 heteroatoms. The molecule has 1 amide bonds. The lowest BCUT2D eigenvalue weighted by molar-refractivity contribution is -0.116. The van der Waals surface area contributed by atoms with Crippen molar-refractivity contribution in [2.24, 2.45) is 7.05 Å². The van der Waals surface area contributed by atoms with Crippen molar-refractivity contribution in [3.63, 3.8) is 0 Å². The van der Waals surface area contributed by atoms with E-state index >= 15 is 0 Å². The molecule has 0 aliphatic carbocycles. The van der Waals surface area contributed by atoms with Crippen molar-refractivity contribution >= 4 is 28.6 Å². The largest absolute Gasteiger partial charge is 0.458 e. The normalized spacial score (nSPS) is 11.1. The molecule has 0 saturated heterocycles. The summed E-state index contributed by atoms with van der Waals surface area (Å²) in [6.45, 7) is 5.73. The zero-order valence-corrected chi connectivity index (χ0v) is 16.2. The highest BCUT2D eigenvalue weighted by atomic mass is 16.5. The minimum Gasteiger partial charge on any atom is -0.458 e. The summed E-state index contributed by atoms with van der Waals surface area (Å²) in [5, 5.41) is 2.89. The monoisotopic (exact) mass is 367 g/mol. The number of anilines is 1. The van der Waals surface area contributed by atoms with Gasteiger partial charge < -0.3 is 19.2 Å². The van der Waals surface area contributed by atoms with Crippen LogP contribution < -0.4 is 5.32 Å². The van der Waals surface area contributed by atoms with Crippen LogP contribution in [0.5, 0.6) is 0 Å². The van der Waals surface area contributed by atoms with Crippen LogP contribution in [0.15, 0.2) is 42.6 Å². The van der Waals surface area contributed by atoms with E-state index in [1.807, 2.05) is 48.1 Å². The van der Waals surface area contributed by atoms with Crippen molar-refractivity contribution in [3.8, 4) is 0 Å². The predicted octanol–water partition coefficient (Wildman–Crippen LogP) is 3.75. The van der Waals surface area contributed by atoms with Crippen LogP contribution in [0, 0.1) is 0 Å². The Morgan fingerprint density at radius 2 is 1.81 bits per heavy atom. The summed E-state index contributed by atoms with van der Waals surface area (Å²) < 4.78 is 8.96. The van der Waals surface area contributed by atoms with Gasteiger partial charge in [-0.2, -0.15) is 0 Å². The molecule has 3 aromatic rings. The van der Waals surface area contributed by atoms with Crippen LogP contribution in [0.25, 0.3) is 11.0 Å². The standard InChI is InChI=1S/C21H25N3O3/c1-5-15-6-8-16(9-7-15)22-20(25)13-24-17-10-11-23(4)18(17)12-19(24)21(26)27-14(2)3/h6-12,14H,5,13H2,1-4H3,(H,22,25). The number of hydrogen-bond acceptors (Lipinski definition) is 3. The molecular weight excluding hydrogens is 342 g/mol. The smallest absolute Gasteiger partial charge is 0.355 e. The van der Waals surface area contributed by atoms with Gasteiger partial charge in [-0.1, -0.05) is 19.1 Å². The van der Waals surface area contributed by atoms with E-state index in [4.69, 9.17) is 4.74 Å². The van der Waals surface area contributed by atoms with Gasteiger partial charge in [-0.25, -0.2) is 4.79 Å². The Hall–Kier alpha value is -3.02. The third kappa shape index (κ3) is 4.05. The third-order valence-electron chi connectivity index (χ3n) is 4.45. The molecule has 2 aromatic heterocycles. The number of nitrogens with one attached hydrogen (secondary N) is 1. The molecule has 0 atom stereocenters. The zero-order chi connectivity index (χ0) is 19.6. The molecule has 0 saturated carbocycles. The fraction of sp³-hybridized carbons (Fsp3) is 0.333. The zero-order valence-electron chi connectivity index (χ0n) is 16.2. The molecule has 0 fully saturated rings. The number of fused-ring (bicyclic) bond motifs is 1. The molecule has 0 bridgehead atoms. The van der Waals surface area contributed by atoms with E-state index in [9.17, 15) is 9.59 Å². The number of nitrogens with zero attached hydrogens (tertiary/aromatic N) is 2. The van der Waals surface area contributed by atoms with Gasteiger partial charge in [0.2, 0.25) is 5.91 Å². The number of aryl methyl sites for hydroxylation is 2. The van der Waals surface area contributed by atoms with Crippen LogP contribution in [0.2, 0.25) is 0 Å². The van der Waals surface area contributed by atoms with Crippen molar-refractivity contribution < 1.29 is 14.3 Å². The second-order valence-corrected chi connectivity index (χ2v) is 6.87. The van der Waals surface area contributed by atoms with Crippen LogP contribution >= 0.6 is 0 Å². The number of aromatic nitrogens is 2. The first kappa shape index (κ1) is 18.8. The van der Waals surface area contributed by atoms with Gasteiger partial charge in [-0.3, -0.25) is 4.79 Å². The first-order valence-corrected chi connectivity index (χ1v) is 9.13. The molecule has 0 aliphatic rings. The first-order valence-electron chi connectivity index (χ1n) is 9.13. The number of carbonyl (C=O) groups is 2. The van der Waals surface area contributed by atoms with Gasteiger partial charge in [-0.05, 0) is 50.1 Å². The molecule has 3 rings (SSSR count).